The normalized spacial score (nSPS) is 11.3. The zero-order chi connectivity index (χ0) is 19.0. The average Bonchev–Trinajstić information content (AvgIpc) is 2.59. The molecule has 0 saturated carbocycles. The number of hydrogen-bond acceptors (Lipinski definition) is 4. The predicted octanol–water partition coefficient (Wildman–Crippen LogP) is 3.61. The summed E-state index contributed by atoms with van der Waals surface area (Å²) in [5.74, 6) is 1.55. The third kappa shape index (κ3) is 6.37. The minimum Gasteiger partial charge on any atom is -0.490 e. The minimum absolute atomic E-state index is 0.116. The molecule has 3 N–H and O–H groups in total. The summed E-state index contributed by atoms with van der Waals surface area (Å²) in [5, 5.41) is 4.07. The van der Waals surface area contributed by atoms with Gasteiger partial charge >= 0.3 is 0 Å². The van der Waals surface area contributed by atoms with Crippen molar-refractivity contribution in [3.63, 3.8) is 0 Å². The number of ether oxygens (including phenoxy) is 2. The van der Waals surface area contributed by atoms with E-state index in [0.29, 0.717) is 19.0 Å². The lowest BCUT2D eigenvalue weighted by Gasteiger charge is -2.19. The summed E-state index contributed by atoms with van der Waals surface area (Å²) in [6.07, 6.45) is 1.61. The number of thiocarbonyl (C=S) groups is 1. The van der Waals surface area contributed by atoms with Crippen molar-refractivity contribution < 1.29 is 9.47 Å². The molecule has 0 aliphatic heterocycles. The van der Waals surface area contributed by atoms with E-state index in [9.17, 15) is 0 Å². The zero-order valence-corrected chi connectivity index (χ0v) is 16.2. The van der Waals surface area contributed by atoms with E-state index in [2.05, 4.69) is 43.4 Å². The number of rotatable bonds is 7. The van der Waals surface area contributed by atoms with Crippen LogP contribution in [0.3, 0.4) is 0 Å². The summed E-state index contributed by atoms with van der Waals surface area (Å²) in [4.78, 5) is 0. The molecule has 2 rings (SSSR count). The number of nitrogens with two attached hydrogens (primary N) is 1. The van der Waals surface area contributed by atoms with Crippen molar-refractivity contribution in [2.45, 2.75) is 26.2 Å². The second-order valence-electron chi connectivity index (χ2n) is 6.74. The van der Waals surface area contributed by atoms with Gasteiger partial charge in [0.2, 0.25) is 0 Å². The molecule has 0 atom stereocenters. The van der Waals surface area contributed by atoms with Gasteiger partial charge < -0.3 is 15.2 Å². The van der Waals surface area contributed by atoms with E-state index in [1.54, 1.807) is 6.21 Å². The van der Waals surface area contributed by atoms with Gasteiger partial charge in [-0.25, -0.2) is 0 Å². The Morgan fingerprint density at radius 3 is 2.38 bits per heavy atom. The lowest BCUT2D eigenvalue weighted by molar-refractivity contribution is 0.217. The molecule has 0 fully saturated rings. The van der Waals surface area contributed by atoms with E-state index in [4.69, 9.17) is 27.4 Å². The third-order valence-electron chi connectivity index (χ3n) is 3.63. The highest BCUT2D eigenvalue weighted by Gasteiger charge is 2.12. The molecule has 0 aliphatic carbocycles. The monoisotopic (exact) mass is 371 g/mol. The molecule has 0 aliphatic rings. The van der Waals surface area contributed by atoms with Gasteiger partial charge in [0, 0.05) is 5.56 Å². The molecule has 2 aromatic carbocycles. The van der Waals surface area contributed by atoms with Crippen molar-refractivity contribution in [3.05, 3.63) is 59.7 Å². The number of nitrogens with one attached hydrogen (secondary N) is 1. The Balaban J connectivity index is 1.85. The quantitative estimate of drug-likeness (QED) is 0.337. The van der Waals surface area contributed by atoms with Crippen LogP contribution >= 0.6 is 12.2 Å². The number of hydrogen-bond donors (Lipinski definition) is 2. The van der Waals surface area contributed by atoms with E-state index in [1.807, 2.05) is 36.4 Å². The SMILES string of the molecule is CC(C)(C)c1ccc(OCCOc2ccccc2C=NNC(N)=S)cc1. The van der Waals surface area contributed by atoms with Gasteiger partial charge in [-0.2, -0.15) is 5.10 Å². The lowest BCUT2D eigenvalue weighted by Crippen LogP contribution is -2.24. The third-order valence-corrected chi connectivity index (χ3v) is 3.72. The van der Waals surface area contributed by atoms with Crippen LogP contribution in [0.5, 0.6) is 11.5 Å². The first-order chi connectivity index (χ1) is 12.4. The van der Waals surface area contributed by atoms with Crippen molar-refractivity contribution in [1.82, 2.24) is 5.43 Å². The van der Waals surface area contributed by atoms with Crippen molar-refractivity contribution >= 4 is 23.5 Å². The molecule has 0 amide bonds. The van der Waals surface area contributed by atoms with Gasteiger partial charge in [-0.15, -0.1) is 0 Å². The van der Waals surface area contributed by atoms with E-state index in [1.165, 1.54) is 5.56 Å². The van der Waals surface area contributed by atoms with Gasteiger partial charge in [-0.3, -0.25) is 5.43 Å². The summed E-state index contributed by atoms with van der Waals surface area (Å²) < 4.78 is 11.5. The average molecular weight is 372 g/mol. The largest absolute Gasteiger partial charge is 0.490 e. The van der Waals surface area contributed by atoms with E-state index in [-0.39, 0.29) is 10.5 Å². The maximum absolute atomic E-state index is 5.79. The minimum atomic E-state index is 0.116. The van der Waals surface area contributed by atoms with Crippen LogP contribution in [0.25, 0.3) is 0 Å². The standard InChI is InChI=1S/C20H25N3O2S/c1-20(2,3)16-8-10-17(11-9-16)24-12-13-25-18-7-5-4-6-15(18)14-22-23-19(21)26/h4-11,14H,12-13H2,1-3H3,(H3,21,23,26). The first kappa shape index (κ1) is 19.7. The van der Waals surface area contributed by atoms with Crippen molar-refractivity contribution in [2.75, 3.05) is 13.2 Å². The maximum Gasteiger partial charge on any atom is 0.184 e. The highest BCUT2D eigenvalue weighted by molar-refractivity contribution is 7.80. The summed E-state index contributed by atoms with van der Waals surface area (Å²) in [7, 11) is 0. The van der Waals surface area contributed by atoms with Crippen molar-refractivity contribution in [2.24, 2.45) is 10.8 Å². The molecule has 26 heavy (non-hydrogen) atoms. The Bertz CT molecular complexity index is 752. The molecule has 0 spiro atoms. The fourth-order valence-electron chi connectivity index (χ4n) is 2.25. The smallest absolute Gasteiger partial charge is 0.184 e. The first-order valence-electron chi connectivity index (χ1n) is 8.40. The van der Waals surface area contributed by atoms with Crippen LogP contribution in [0.1, 0.15) is 31.9 Å². The maximum atomic E-state index is 5.79. The summed E-state index contributed by atoms with van der Waals surface area (Å²) in [6.45, 7) is 7.44. The number of hydrazone groups is 1. The molecule has 0 unspecified atom stereocenters. The van der Waals surface area contributed by atoms with Crippen LogP contribution in [-0.4, -0.2) is 24.5 Å². The van der Waals surface area contributed by atoms with Crippen molar-refractivity contribution in [1.29, 1.82) is 0 Å². The van der Waals surface area contributed by atoms with E-state index >= 15 is 0 Å². The zero-order valence-electron chi connectivity index (χ0n) is 15.4. The highest BCUT2D eigenvalue weighted by Crippen LogP contribution is 2.24. The predicted molar refractivity (Wildman–Crippen MR) is 110 cm³/mol. The van der Waals surface area contributed by atoms with Gasteiger partial charge in [0.15, 0.2) is 5.11 Å². The lowest BCUT2D eigenvalue weighted by atomic mass is 9.87. The molecule has 0 heterocycles. The van der Waals surface area contributed by atoms with Crippen molar-refractivity contribution in [3.8, 4) is 11.5 Å². The molecular formula is C20H25N3O2S. The van der Waals surface area contributed by atoms with Gasteiger partial charge in [0.05, 0.1) is 6.21 Å². The van der Waals surface area contributed by atoms with E-state index in [0.717, 1.165) is 11.3 Å². The molecule has 0 bridgehead atoms. The summed E-state index contributed by atoms with van der Waals surface area (Å²) in [6, 6.07) is 15.7. The topological polar surface area (TPSA) is 68.9 Å². The summed E-state index contributed by atoms with van der Waals surface area (Å²) >= 11 is 4.71. The Morgan fingerprint density at radius 2 is 1.73 bits per heavy atom. The van der Waals surface area contributed by atoms with Crippen LogP contribution in [0, 0.1) is 0 Å². The van der Waals surface area contributed by atoms with Crippen LogP contribution in [0.15, 0.2) is 53.6 Å². The van der Waals surface area contributed by atoms with Gasteiger partial charge in [-0.1, -0.05) is 45.0 Å². The molecule has 0 radical (unpaired) electrons. The van der Waals surface area contributed by atoms with Crippen LogP contribution in [0.4, 0.5) is 0 Å². The van der Waals surface area contributed by atoms with Gasteiger partial charge in [0.25, 0.3) is 0 Å². The number of nitrogens with zero attached hydrogens (tertiary/aromatic N) is 1. The Hall–Kier alpha value is -2.60. The summed E-state index contributed by atoms with van der Waals surface area (Å²) in [5.41, 5.74) is 10.1. The fraction of sp³-hybridized carbons (Fsp3) is 0.300. The second kappa shape index (κ2) is 9.20. The number of benzene rings is 2. The van der Waals surface area contributed by atoms with E-state index < -0.39 is 0 Å². The van der Waals surface area contributed by atoms with Crippen LogP contribution in [0.2, 0.25) is 0 Å². The Morgan fingerprint density at radius 1 is 1.08 bits per heavy atom. The van der Waals surface area contributed by atoms with Crippen LogP contribution in [-0.2, 0) is 5.41 Å². The van der Waals surface area contributed by atoms with Gasteiger partial charge in [0.1, 0.15) is 24.7 Å². The molecule has 2 aromatic rings. The Labute approximate surface area is 160 Å². The molecule has 6 heteroatoms. The molecule has 0 saturated heterocycles. The fourth-order valence-corrected chi connectivity index (χ4v) is 2.30. The second-order valence-corrected chi connectivity index (χ2v) is 7.18. The first-order valence-corrected chi connectivity index (χ1v) is 8.81. The molecule has 5 nitrogen and oxygen atoms in total. The highest BCUT2D eigenvalue weighted by atomic mass is 32.1. The van der Waals surface area contributed by atoms with Gasteiger partial charge in [-0.05, 0) is 47.5 Å². The molecular weight excluding hydrogens is 346 g/mol. The molecule has 138 valence electrons. The number of para-hydroxylation sites is 1. The Kier molecular flexibility index (Phi) is 6.97. The molecule has 0 aromatic heterocycles. The van der Waals surface area contributed by atoms with Crippen LogP contribution < -0.4 is 20.6 Å².